The standard InChI is InChI=1S/2C4H9NO.2C4H9NS.C3H9N.2C3H6O2.C3H6O.C2H6O2S.C2H6OS.C2H6O.C2H6S/c4*1-4(6)5(2)3;1-4(2)3;2*1-3(4)5-2;1-3(2)4;1-5(2,3)4;1-4(2)3;2*1-3-2/h4*1-3H3;1-3H3;2*1-2H3;1-2H3;1-2H3;1-2H3;2*1-2H3. The Morgan fingerprint density at radius 3 is 0.579 bits per heavy atom. The number of ketones is 1. The van der Waals surface area contributed by atoms with Crippen molar-refractivity contribution in [1.29, 1.82) is 0 Å². The van der Waals surface area contributed by atoms with Crippen molar-refractivity contribution in [2.24, 2.45) is 0 Å². The predicted octanol–water partition coefficient (Wildman–Crippen LogP) is 4.01. The largest absolute Gasteiger partial charge is 0.469 e. The Kier molecular flexibility index (Phi) is 104. The number of ether oxygens (including phenoxy) is 3. The maximum absolute atomic E-state index is 10.1. The number of amides is 2. The van der Waals surface area contributed by atoms with E-state index in [1.165, 1.54) is 65.6 Å². The van der Waals surface area contributed by atoms with E-state index in [4.69, 9.17) is 24.4 Å². The fraction of sp³-hybridized carbons (Fsp3) is 0.806. The first-order valence-corrected chi connectivity index (χ1v) is 22.9. The molecule has 352 valence electrons. The van der Waals surface area contributed by atoms with Gasteiger partial charge in [0.25, 0.3) is 0 Å². The number of thioether (sulfide) groups is 1. The van der Waals surface area contributed by atoms with Gasteiger partial charge in [0.1, 0.15) is 15.6 Å². The molecule has 0 aromatic rings. The van der Waals surface area contributed by atoms with E-state index in [9.17, 15) is 36.6 Å². The van der Waals surface area contributed by atoms with Gasteiger partial charge in [0.05, 0.1) is 24.2 Å². The number of carbonyl (C=O) groups excluding carboxylic acids is 5. The Morgan fingerprint density at radius 2 is 0.579 bits per heavy atom. The van der Waals surface area contributed by atoms with Crippen LogP contribution in [0.1, 0.15) is 55.4 Å². The van der Waals surface area contributed by atoms with Crippen molar-refractivity contribution in [3.05, 3.63) is 0 Å². The number of carbonyl (C=O) groups is 5. The average molecular weight is 926 g/mol. The van der Waals surface area contributed by atoms with E-state index in [-0.39, 0.29) is 29.5 Å². The normalized spacial score (nSPS) is 7.84. The highest BCUT2D eigenvalue weighted by Crippen LogP contribution is 1.76. The number of Topliss-reactive ketones (excluding diaryl/α,β-unsaturated/α-hetero) is 1. The van der Waals surface area contributed by atoms with Gasteiger partial charge >= 0.3 is 11.9 Å². The molecule has 0 heterocycles. The molecule has 2 amide bonds. The number of esters is 2. The molecule has 0 saturated heterocycles. The van der Waals surface area contributed by atoms with Gasteiger partial charge in [-0.15, -0.1) is 0 Å². The molecule has 0 spiro atoms. The second-order valence-corrected chi connectivity index (χ2v) is 17.8. The van der Waals surface area contributed by atoms with E-state index in [0.29, 0.717) is 0 Å². The van der Waals surface area contributed by atoms with Crippen LogP contribution in [0.2, 0.25) is 0 Å². The summed E-state index contributed by atoms with van der Waals surface area (Å²) in [4.78, 5) is 59.5. The Balaban J connectivity index is -0.0000000390. The lowest BCUT2D eigenvalue weighted by molar-refractivity contribution is -0.138. The van der Waals surface area contributed by atoms with Crippen LogP contribution in [0.25, 0.3) is 0 Å². The van der Waals surface area contributed by atoms with Crippen molar-refractivity contribution in [2.75, 3.05) is 143 Å². The van der Waals surface area contributed by atoms with Crippen molar-refractivity contribution < 1.29 is 50.8 Å². The van der Waals surface area contributed by atoms with Gasteiger partial charge in [-0.05, 0) is 61.3 Å². The maximum atomic E-state index is 10.1. The van der Waals surface area contributed by atoms with Crippen LogP contribution in [0.4, 0.5) is 0 Å². The summed E-state index contributed by atoms with van der Waals surface area (Å²) in [6.45, 7) is 12.6. The molecule has 0 saturated carbocycles. The maximum Gasteiger partial charge on any atom is 0.302 e. The fourth-order valence-electron chi connectivity index (χ4n) is 0. The highest BCUT2D eigenvalue weighted by molar-refractivity contribution is 7.97. The highest BCUT2D eigenvalue weighted by Gasteiger charge is 1.88. The van der Waals surface area contributed by atoms with Gasteiger partial charge in [-0.25, -0.2) is 8.42 Å². The summed E-state index contributed by atoms with van der Waals surface area (Å²) in [6, 6.07) is 0. The number of hydrogen-bond acceptors (Lipinski definition) is 15. The Hall–Kier alpha value is -2.30. The van der Waals surface area contributed by atoms with Gasteiger partial charge in [-0.2, -0.15) is 11.8 Å². The van der Waals surface area contributed by atoms with Crippen LogP contribution in [0.5, 0.6) is 0 Å². The summed E-state index contributed by atoms with van der Waals surface area (Å²) in [5.74, 6) is -0.139. The lowest BCUT2D eigenvalue weighted by Gasteiger charge is -2.06. The number of sulfone groups is 1. The van der Waals surface area contributed by atoms with E-state index in [0.717, 1.165) is 22.5 Å². The van der Waals surface area contributed by atoms with Crippen molar-refractivity contribution in [3.8, 4) is 0 Å². The van der Waals surface area contributed by atoms with Gasteiger partial charge in [0, 0.05) is 134 Å². The van der Waals surface area contributed by atoms with Crippen LogP contribution in [-0.2, 0) is 58.8 Å². The Bertz CT molecular complexity index is 941. The van der Waals surface area contributed by atoms with Gasteiger partial charge in [-0.3, -0.25) is 23.4 Å². The monoisotopic (exact) mass is 926 g/mol. The zero-order chi connectivity index (χ0) is 49.8. The van der Waals surface area contributed by atoms with Gasteiger partial charge in [0.2, 0.25) is 11.8 Å². The summed E-state index contributed by atoms with van der Waals surface area (Å²) in [5, 5.41) is 0. The minimum absolute atomic E-state index is 0.0926. The smallest absolute Gasteiger partial charge is 0.302 e. The third-order valence-electron chi connectivity index (χ3n) is 3.09. The number of methoxy groups -OCH3 is 3. The molecule has 0 N–H and O–H groups in total. The SMILES string of the molecule is CC(=O)N(C)C.CC(=O)N(C)C.CC(=S)N(C)C.CC(=S)N(C)C.CC(C)=O.CN(C)C.COC.COC(C)=O.COC(C)=O.CS(C)(=O)=O.CS(C)=O.CSC. The lowest BCUT2D eigenvalue weighted by Crippen LogP contribution is -2.17. The zero-order valence-corrected chi connectivity index (χ0v) is 45.4. The molecular weight excluding hydrogens is 839 g/mol. The predicted molar refractivity (Wildman–Crippen MR) is 257 cm³/mol. The summed E-state index contributed by atoms with van der Waals surface area (Å²) >= 11 is 11.2. The highest BCUT2D eigenvalue weighted by atomic mass is 32.2. The van der Waals surface area contributed by atoms with Gasteiger partial charge < -0.3 is 43.5 Å². The third kappa shape index (κ3) is 458. The van der Waals surface area contributed by atoms with E-state index in [2.05, 4.69) is 14.2 Å². The topological polar surface area (TPSA) is 180 Å². The summed E-state index contributed by atoms with van der Waals surface area (Å²) < 4.78 is 41.3. The summed E-state index contributed by atoms with van der Waals surface area (Å²) in [5.41, 5.74) is 0. The van der Waals surface area contributed by atoms with Crippen LogP contribution < -0.4 is 0 Å². The first kappa shape index (κ1) is 86.5. The minimum atomic E-state index is -2.67. The molecule has 0 rings (SSSR count). The first-order valence-electron chi connectivity index (χ1n) is 16.2. The molecule has 57 heavy (non-hydrogen) atoms. The molecule has 0 bridgehead atoms. The van der Waals surface area contributed by atoms with Crippen LogP contribution in [0.3, 0.4) is 0 Å². The molecule has 0 atom stereocenters. The number of rotatable bonds is 0. The summed E-state index contributed by atoms with van der Waals surface area (Å²) in [6.07, 6.45) is 9.68. The number of thiocarbonyl (C=S) groups is 2. The first-order chi connectivity index (χ1) is 25.1. The molecule has 0 fully saturated rings. The molecule has 0 aromatic carbocycles. The second-order valence-electron chi connectivity index (χ2n) is 12.0. The average Bonchev–Trinajstić information content (AvgIpc) is 2.97. The van der Waals surface area contributed by atoms with Gasteiger partial charge in [0.15, 0.2) is 0 Å². The van der Waals surface area contributed by atoms with E-state index in [1.807, 2.05) is 90.4 Å². The molecule has 0 aliphatic rings. The number of hydrogen-bond donors (Lipinski definition) is 0. The fourth-order valence-corrected chi connectivity index (χ4v) is 0. The second kappa shape index (κ2) is 68.4. The Morgan fingerprint density at radius 1 is 0.526 bits per heavy atom. The van der Waals surface area contributed by atoms with E-state index in [1.54, 1.807) is 66.7 Å². The van der Waals surface area contributed by atoms with Crippen LogP contribution in [0.15, 0.2) is 0 Å². The quantitative estimate of drug-likeness (QED) is 0.251. The Labute approximate surface area is 368 Å². The molecule has 21 heteroatoms. The minimum Gasteiger partial charge on any atom is -0.469 e. The lowest BCUT2D eigenvalue weighted by atomic mass is 10.6. The molecule has 0 aromatic heterocycles. The van der Waals surface area contributed by atoms with Crippen LogP contribution >= 0.6 is 36.2 Å². The van der Waals surface area contributed by atoms with Crippen molar-refractivity contribution >= 4 is 96.3 Å². The number of nitrogens with zero attached hydrogens (tertiary/aromatic N) is 5. The molecule has 0 aliphatic carbocycles. The molecule has 0 unspecified atom stereocenters. The van der Waals surface area contributed by atoms with Crippen LogP contribution in [0, 0.1) is 0 Å². The molecule has 0 aliphatic heterocycles. The van der Waals surface area contributed by atoms with Crippen molar-refractivity contribution in [3.63, 3.8) is 0 Å². The third-order valence-corrected chi connectivity index (χ3v) is 3.82. The van der Waals surface area contributed by atoms with Gasteiger partial charge in [-0.1, -0.05) is 24.4 Å². The van der Waals surface area contributed by atoms with E-state index < -0.39 is 20.6 Å². The van der Waals surface area contributed by atoms with Crippen LogP contribution in [-0.4, -0.2) is 220 Å². The molecular formula is C36H87N5O11S5. The van der Waals surface area contributed by atoms with E-state index >= 15 is 0 Å². The molecule has 16 nitrogen and oxygen atoms in total. The van der Waals surface area contributed by atoms with Crippen molar-refractivity contribution in [1.82, 2.24) is 24.5 Å². The zero-order valence-electron chi connectivity index (χ0n) is 41.3. The molecule has 0 radical (unpaired) electrons. The van der Waals surface area contributed by atoms with Crippen molar-refractivity contribution in [2.45, 2.75) is 55.4 Å². The summed E-state index contributed by atoms with van der Waals surface area (Å²) in [7, 11) is 23.3.